The van der Waals surface area contributed by atoms with Crippen LogP contribution in [0.1, 0.15) is 44.2 Å². The number of allylic oxidation sites excluding steroid dienone is 1. The summed E-state index contributed by atoms with van der Waals surface area (Å²) in [4.78, 5) is 0. The molecule has 1 aromatic rings. The van der Waals surface area contributed by atoms with Gasteiger partial charge in [-0.1, -0.05) is 19.1 Å². The third kappa shape index (κ3) is 4.07. The van der Waals surface area contributed by atoms with E-state index in [0.717, 1.165) is 30.9 Å². The van der Waals surface area contributed by atoms with E-state index < -0.39 is 11.7 Å². The highest BCUT2D eigenvalue weighted by Crippen LogP contribution is 2.37. The lowest BCUT2D eigenvalue weighted by atomic mass is 9.78. The predicted octanol–water partition coefficient (Wildman–Crippen LogP) is 5.34. The van der Waals surface area contributed by atoms with Crippen molar-refractivity contribution in [2.75, 3.05) is 0 Å². The molecule has 1 aliphatic rings. The molecule has 0 unspecified atom stereocenters. The first-order valence-electron chi connectivity index (χ1n) is 7.65. The normalized spacial score (nSPS) is 24.8. The fraction of sp³-hybridized carbons (Fsp3) is 0.500. The minimum absolute atomic E-state index is 0.139. The van der Waals surface area contributed by atoms with Crippen molar-refractivity contribution < 1.29 is 17.9 Å². The Hall–Kier alpha value is -1.96. The number of halogens is 3. The molecule has 0 aliphatic heterocycles. The molecule has 1 fully saturated rings. The molecule has 1 saturated carbocycles. The lowest BCUT2D eigenvalue weighted by Crippen LogP contribution is -2.33. The summed E-state index contributed by atoms with van der Waals surface area (Å²) in [6, 6.07) is 5.11. The van der Waals surface area contributed by atoms with Crippen molar-refractivity contribution in [2.45, 2.75) is 45.4 Å². The van der Waals surface area contributed by atoms with Gasteiger partial charge >= 0.3 is 6.18 Å². The number of hydrogen-bond acceptors (Lipinski definition) is 2. The van der Waals surface area contributed by atoms with Gasteiger partial charge in [-0.2, -0.15) is 18.4 Å². The van der Waals surface area contributed by atoms with E-state index >= 15 is 0 Å². The molecule has 124 valence electrons. The zero-order valence-corrected chi connectivity index (χ0v) is 13.3. The zero-order chi connectivity index (χ0) is 17.2. The highest BCUT2D eigenvalue weighted by Gasteiger charge is 2.35. The van der Waals surface area contributed by atoms with Crippen LogP contribution in [0.4, 0.5) is 13.2 Å². The van der Waals surface area contributed by atoms with E-state index in [0.29, 0.717) is 5.92 Å². The zero-order valence-electron chi connectivity index (χ0n) is 13.3. The molecule has 2 nitrogen and oxygen atoms in total. The minimum Gasteiger partial charge on any atom is -0.490 e. The Morgan fingerprint density at radius 2 is 2.04 bits per heavy atom. The lowest BCUT2D eigenvalue weighted by Gasteiger charge is -2.35. The number of nitrogens with zero attached hydrogens (tertiary/aromatic N) is 1. The van der Waals surface area contributed by atoms with Crippen LogP contribution >= 0.6 is 0 Å². The van der Waals surface area contributed by atoms with Crippen molar-refractivity contribution in [1.29, 1.82) is 5.26 Å². The molecule has 0 saturated heterocycles. The minimum atomic E-state index is -4.57. The Balaban J connectivity index is 2.22. The van der Waals surface area contributed by atoms with E-state index in [2.05, 4.69) is 6.58 Å². The summed E-state index contributed by atoms with van der Waals surface area (Å²) >= 11 is 0. The number of alkyl halides is 3. The Kier molecular flexibility index (Phi) is 5.03. The molecule has 3 atom stereocenters. The van der Waals surface area contributed by atoms with Crippen LogP contribution in [0, 0.1) is 23.2 Å². The smallest absolute Gasteiger partial charge is 0.417 e. The van der Waals surface area contributed by atoms with E-state index in [1.54, 1.807) is 6.07 Å². The first-order valence-corrected chi connectivity index (χ1v) is 7.65. The van der Waals surface area contributed by atoms with Gasteiger partial charge in [-0.3, -0.25) is 0 Å². The van der Waals surface area contributed by atoms with Gasteiger partial charge in [-0.15, -0.1) is 0 Å². The molecule has 0 amide bonds. The van der Waals surface area contributed by atoms with Crippen molar-refractivity contribution >= 4 is 0 Å². The maximum Gasteiger partial charge on any atom is 0.417 e. The van der Waals surface area contributed by atoms with Gasteiger partial charge in [0, 0.05) is 0 Å². The second kappa shape index (κ2) is 6.66. The first kappa shape index (κ1) is 17.4. The van der Waals surface area contributed by atoms with Crippen molar-refractivity contribution in [3.8, 4) is 11.8 Å². The average molecular weight is 323 g/mol. The van der Waals surface area contributed by atoms with Crippen molar-refractivity contribution in [3.63, 3.8) is 0 Å². The summed E-state index contributed by atoms with van der Waals surface area (Å²) in [5.74, 6) is 0.780. The number of rotatable bonds is 3. The number of ether oxygens (including phenoxy) is 1. The molecule has 0 heterocycles. The lowest BCUT2D eigenvalue weighted by molar-refractivity contribution is -0.137. The van der Waals surface area contributed by atoms with E-state index in [1.807, 2.05) is 13.8 Å². The van der Waals surface area contributed by atoms with Crippen LogP contribution in [0.3, 0.4) is 0 Å². The summed E-state index contributed by atoms with van der Waals surface area (Å²) in [5, 5.41) is 8.83. The third-order valence-electron chi connectivity index (χ3n) is 4.52. The van der Waals surface area contributed by atoms with E-state index in [1.165, 1.54) is 12.1 Å². The van der Waals surface area contributed by atoms with Gasteiger partial charge in [-0.25, -0.2) is 0 Å². The van der Waals surface area contributed by atoms with Crippen LogP contribution < -0.4 is 4.74 Å². The number of hydrogen-bond donors (Lipinski definition) is 0. The topological polar surface area (TPSA) is 33.0 Å². The summed E-state index contributed by atoms with van der Waals surface area (Å²) in [6.07, 6.45) is -1.94. The van der Waals surface area contributed by atoms with Crippen molar-refractivity contribution in [1.82, 2.24) is 0 Å². The fourth-order valence-corrected chi connectivity index (χ4v) is 3.00. The van der Waals surface area contributed by atoms with Gasteiger partial charge in [0.15, 0.2) is 0 Å². The molecule has 5 heteroatoms. The fourth-order valence-electron chi connectivity index (χ4n) is 3.00. The van der Waals surface area contributed by atoms with Crippen LogP contribution in [0.2, 0.25) is 0 Å². The number of benzene rings is 1. The van der Waals surface area contributed by atoms with Gasteiger partial charge in [0.2, 0.25) is 0 Å². The monoisotopic (exact) mass is 323 g/mol. The Labute approximate surface area is 134 Å². The summed E-state index contributed by atoms with van der Waals surface area (Å²) in [7, 11) is 0. The van der Waals surface area contributed by atoms with Crippen LogP contribution in [0.25, 0.3) is 0 Å². The quantitative estimate of drug-likeness (QED) is 0.704. The van der Waals surface area contributed by atoms with Gasteiger partial charge < -0.3 is 4.74 Å². The van der Waals surface area contributed by atoms with Gasteiger partial charge in [0.25, 0.3) is 0 Å². The van der Waals surface area contributed by atoms with Gasteiger partial charge in [0.1, 0.15) is 11.9 Å². The second-order valence-electron chi connectivity index (χ2n) is 6.31. The Morgan fingerprint density at radius 3 is 2.61 bits per heavy atom. The molecular formula is C18H20F3NO. The molecule has 0 radical (unpaired) electrons. The SMILES string of the molecule is C=C(C)[C@H]1CC[C@H](C)[C@@H](Oc2ccc(C#N)c(C(F)(F)F)c2)C1. The Bertz CT molecular complexity index is 630. The molecule has 2 rings (SSSR count). The highest BCUT2D eigenvalue weighted by molar-refractivity contribution is 5.44. The number of nitriles is 1. The highest BCUT2D eigenvalue weighted by atomic mass is 19.4. The summed E-state index contributed by atoms with van der Waals surface area (Å²) in [5.41, 5.74) is -0.250. The van der Waals surface area contributed by atoms with E-state index in [4.69, 9.17) is 10.00 Å². The van der Waals surface area contributed by atoms with Crippen LogP contribution in [0.5, 0.6) is 5.75 Å². The summed E-state index contributed by atoms with van der Waals surface area (Å²) in [6.45, 7) is 8.00. The Morgan fingerprint density at radius 1 is 1.35 bits per heavy atom. The third-order valence-corrected chi connectivity index (χ3v) is 4.52. The second-order valence-corrected chi connectivity index (χ2v) is 6.31. The van der Waals surface area contributed by atoms with Crippen LogP contribution in [0.15, 0.2) is 30.4 Å². The van der Waals surface area contributed by atoms with Crippen molar-refractivity contribution in [3.05, 3.63) is 41.5 Å². The standard InChI is InChI=1S/C18H20F3NO/c1-11(2)13-5-4-12(3)17(8-13)23-15-7-6-14(10-22)16(9-15)18(19,20)21/h6-7,9,12-13,17H,1,4-5,8H2,2-3H3/t12-,13-,17-/m0/s1. The first-order chi connectivity index (χ1) is 10.7. The molecule has 1 aliphatic carbocycles. The average Bonchev–Trinajstić information content (AvgIpc) is 2.48. The largest absolute Gasteiger partial charge is 0.490 e. The maximum atomic E-state index is 13.0. The van der Waals surface area contributed by atoms with E-state index in [-0.39, 0.29) is 23.3 Å². The van der Waals surface area contributed by atoms with Gasteiger partial charge in [0.05, 0.1) is 17.2 Å². The van der Waals surface area contributed by atoms with E-state index in [9.17, 15) is 13.2 Å². The molecule has 0 N–H and O–H groups in total. The molecule has 23 heavy (non-hydrogen) atoms. The van der Waals surface area contributed by atoms with Crippen molar-refractivity contribution in [2.24, 2.45) is 11.8 Å². The molecule has 0 bridgehead atoms. The molecule has 1 aromatic carbocycles. The molecule has 0 spiro atoms. The predicted molar refractivity (Wildman–Crippen MR) is 81.9 cm³/mol. The van der Waals surface area contributed by atoms with Crippen LogP contribution in [-0.4, -0.2) is 6.10 Å². The van der Waals surface area contributed by atoms with Gasteiger partial charge in [-0.05, 0) is 56.2 Å². The summed E-state index contributed by atoms with van der Waals surface area (Å²) < 4.78 is 44.9. The maximum absolute atomic E-state index is 13.0. The molecule has 0 aromatic heterocycles. The molecular weight excluding hydrogens is 303 g/mol. The van der Waals surface area contributed by atoms with Crippen LogP contribution in [-0.2, 0) is 6.18 Å².